The van der Waals surface area contributed by atoms with Crippen LogP contribution in [0.2, 0.25) is 0 Å². The second kappa shape index (κ2) is 4.82. The van der Waals surface area contributed by atoms with Crippen molar-refractivity contribution >= 4 is 11.2 Å². The number of rotatable bonds is 4. The Morgan fingerprint density at radius 3 is 3.10 bits per heavy atom. The van der Waals surface area contributed by atoms with Crippen LogP contribution in [0.3, 0.4) is 0 Å². The summed E-state index contributed by atoms with van der Waals surface area (Å²) in [5.41, 5.74) is 2.05. The molecule has 1 saturated heterocycles. The average Bonchev–Trinajstić information content (AvgIpc) is 3.07. The summed E-state index contributed by atoms with van der Waals surface area (Å²) in [5, 5.41) is 3.53. The topological polar surface area (TPSA) is 52.0 Å². The lowest BCUT2D eigenvalue weighted by Gasteiger charge is -2.19. The molecular formula is C15H20N4O. The Hall–Kier alpha value is -1.46. The van der Waals surface area contributed by atoms with Crippen LogP contribution in [-0.2, 0) is 4.74 Å². The minimum absolute atomic E-state index is 0.338. The van der Waals surface area contributed by atoms with Gasteiger partial charge in [-0.1, -0.05) is 6.92 Å². The molecule has 0 aromatic carbocycles. The van der Waals surface area contributed by atoms with Gasteiger partial charge in [-0.25, -0.2) is 9.97 Å². The molecule has 3 heterocycles. The SMILES string of the molecule is CCNC1COCC1c1nc2cccnc2n1C1CC1. The van der Waals surface area contributed by atoms with Crippen molar-refractivity contribution in [2.45, 2.75) is 37.8 Å². The van der Waals surface area contributed by atoms with Crippen LogP contribution >= 0.6 is 0 Å². The molecule has 1 aliphatic heterocycles. The van der Waals surface area contributed by atoms with E-state index in [0.29, 0.717) is 18.0 Å². The van der Waals surface area contributed by atoms with Gasteiger partial charge in [-0.05, 0) is 31.5 Å². The molecule has 0 spiro atoms. The molecule has 1 aliphatic carbocycles. The Morgan fingerprint density at radius 1 is 1.40 bits per heavy atom. The summed E-state index contributed by atoms with van der Waals surface area (Å²) < 4.78 is 8.05. The molecule has 5 nitrogen and oxygen atoms in total. The molecule has 2 aliphatic rings. The monoisotopic (exact) mass is 272 g/mol. The maximum absolute atomic E-state index is 5.69. The van der Waals surface area contributed by atoms with Crippen molar-refractivity contribution in [3.8, 4) is 0 Å². The molecule has 1 saturated carbocycles. The summed E-state index contributed by atoms with van der Waals surface area (Å²) in [6.07, 6.45) is 4.35. The van der Waals surface area contributed by atoms with Crippen molar-refractivity contribution < 1.29 is 4.74 Å². The van der Waals surface area contributed by atoms with Crippen molar-refractivity contribution in [3.63, 3.8) is 0 Å². The van der Waals surface area contributed by atoms with Crippen molar-refractivity contribution in [1.82, 2.24) is 19.9 Å². The number of imidazole rings is 1. The fourth-order valence-corrected chi connectivity index (χ4v) is 3.17. The van der Waals surface area contributed by atoms with Gasteiger partial charge in [-0.2, -0.15) is 0 Å². The van der Waals surface area contributed by atoms with Crippen LogP contribution in [0.5, 0.6) is 0 Å². The Balaban J connectivity index is 1.80. The van der Waals surface area contributed by atoms with Gasteiger partial charge in [-0.3, -0.25) is 0 Å². The molecule has 106 valence electrons. The summed E-state index contributed by atoms with van der Waals surface area (Å²) in [4.78, 5) is 9.41. The van der Waals surface area contributed by atoms with Crippen LogP contribution in [0.15, 0.2) is 18.3 Å². The van der Waals surface area contributed by atoms with Crippen molar-refractivity contribution in [3.05, 3.63) is 24.2 Å². The average molecular weight is 272 g/mol. The lowest BCUT2D eigenvalue weighted by molar-refractivity contribution is 0.187. The lowest BCUT2D eigenvalue weighted by atomic mass is 10.0. The molecule has 1 N–H and O–H groups in total. The van der Waals surface area contributed by atoms with Gasteiger partial charge in [0.1, 0.15) is 11.3 Å². The molecule has 20 heavy (non-hydrogen) atoms. The zero-order valence-electron chi connectivity index (χ0n) is 11.7. The number of nitrogens with zero attached hydrogens (tertiary/aromatic N) is 3. The van der Waals surface area contributed by atoms with Crippen molar-refractivity contribution in [2.75, 3.05) is 19.8 Å². The van der Waals surface area contributed by atoms with Gasteiger partial charge >= 0.3 is 0 Å². The summed E-state index contributed by atoms with van der Waals surface area (Å²) in [5.74, 6) is 1.49. The van der Waals surface area contributed by atoms with Gasteiger partial charge in [-0.15, -0.1) is 0 Å². The highest BCUT2D eigenvalue weighted by Gasteiger charge is 2.37. The molecular weight excluding hydrogens is 252 g/mol. The number of aromatic nitrogens is 3. The summed E-state index contributed by atoms with van der Waals surface area (Å²) >= 11 is 0. The van der Waals surface area contributed by atoms with Crippen LogP contribution in [-0.4, -0.2) is 40.3 Å². The van der Waals surface area contributed by atoms with E-state index in [2.05, 4.69) is 27.9 Å². The number of nitrogens with one attached hydrogen (secondary N) is 1. The van der Waals surface area contributed by atoms with E-state index in [1.54, 1.807) is 0 Å². The molecule has 4 rings (SSSR count). The number of ether oxygens (including phenoxy) is 1. The summed E-state index contributed by atoms with van der Waals surface area (Å²) in [7, 11) is 0. The largest absolute Gasteiger partial charge is 0.379 e. The predicted molar refractivity (Wildman–Crippen MR) is 76.8 cm³/mol. The number of pyridine rings is 1. The summed E-state index contributed by atoms with van der Waals surface area (Å²) in [6, 6.07) is 4.98. The first-order valence-corrected chi connectivity index (χ1v) is 7.52. The quantitative estimate of drug-likeness (QED) is 0.923. The number of hydrogen-bond acceptors (Lipinski definition) is 4. The molecule has 0 amide bonds. The van der Waals surface area contributed by atoms with Gasteiger partial charge in [0.2, 0.25) is 0 Å². The van der Waals surface area contributed by atoms with E-state index in [0.717, 1.165) is 36.7 Å². The van der Waals surface area contributed by atoms with Crippen molar-refractivity contribution in [1.29, 1.82) is 0 Å². The van der Waals surface area contributed by atoms with Crippen LogP contribution in [0.25, 0.3) is 11.2 Å². The third kappa shape index (κ3) is 1.93. The number of likely N-dealkylation sites (N-methyl/N-ethyl adjacent to an activating group) is 1. The first kappa shape index (κ1) is 12.3. The minimum Gasteiger partial charge on any atom is -0.379 e. The van der Waals surface area contributed by atoms with Gasteiger partial charge < -0.3 is 14.6 Å². The molecule has 2 fully saturated rings. The van der Waals surface area contributed by atoms with Crippen LogP contribution in [0, 0.1) is 0 Å². The standard InChI is InChI=1S/C15H20N4O/c1-2-16-13-9-20-8-11(13)14-18-12-4-3-7-17-15(12)19(14)10-5-6-10/h3-4,7,10-11,13,16H,2,5-6,8-9H2,1H3. The van der Waals surface area contributed by atoms with Gasteiger partial charge in [0.05, 0.1) is 19.1 Å². The minimum atomic E-state index is 0.338. The highest BCUT2D eigenvalue weighted by molar-refractivity contribution is 5.71. The Morgan fingerprint density at radius 2 is 2.30 bits per heavy atom. The van der Waals surface area contributed by atoms with E-state index in [1.807, 2.05) is 12.3 Å². The molecule has 0 bridgehead atoms. The maximum atomic E-state index is 5.69. The van der Waals surface area contributed by atoms with E-state index < -0.39 is 0 Å². The maximum Gasteiger partial charge on any atom is 0.160 e. The predicted octanol–water partition coefficient (Wildman–Crippen LogP) is 1.86. The lowest BCUT2D eigenvalue weighted by Crippen LogP contribution is -2.35. The van der Waals surface area contributed by atoms with Crippen LogP contribution in [0.4, 0.5) is 0 Å². The smallest absolute Gasteiger partial charge is 0.160 e. The fourth-order valence-electron chi connectivity index (χ4n) is 3.17. The van der Waals surface area contributed by atoms with E-state index in [9.17, 15) is 0 Å². The van der Waals surface area contributed by atoms with E-state index >= 15 is 0 Å². The van der Waals surface area contributed by atoms with Crippen molar-refractivity contribution in [2.24, 2.45) is 0 Å². The molecule has 0 radical (unpaired) electrons. The molecule has 5 heteroatoms. The zero-order chi connectivity index (χ0) is 13.5. The second-order valence-corrected chi connectivity index (χ2v) is 5.73. The molecule has 2 aromatic heterocycles. The zero-order valence-corrected chi connectivity index (χ0v) is 11.7. The highest BCUT2D eigenvalue weighted by atomic mass is 16.5. The fraction of sp³-hybridized carbons (Fsp3) is 0.600. The molecule has 2 unspecified atom stereocenters. The number of fused-ring (bicyclic) bond motifs is 1. The van der Waals surface area contributed by atoms with Crippen LogP contribution in [0.1, 0.15) is 37.5 Å². The van der Waals surface area contributed by atoms with E-state index in [1.165, 1.54) is 12.8 Å². The van der Waals surface area contributed by atoms with E-state index in [4.69, 9.17) is 9.72 Å². The first-order valence-electron chi connectivity index (χ1n) is 7.52. The summed E-state index contributed by atoms with van der Waals surface area (Å²) in [6.45, 7) is 4.64. The van der Waals surface area contributed by atoms with Gasteiger partial charge in [0.25, 0.3) is 0 Å². The van der Waals surface area contributed by atoms with Gasteiger partial charge in [0, 0.05) is 18.3 Å². The molecule has 2 aromatic rings. The second-order valence-electron chi connectivity index (χ2n) is 5.73. The van der Waals surface area contributed by atoms with Crippen LogP contribution < -0.4 is 5.32 Å². The third-order valence-corrected chi connectivity index (χ3v) is 4.27. The molecule has 2 atom stereocenters. The number of hydrogen-bond donors (Lipinski definition) is 1. The Bertz CT molecular complexity index is 619. The van der Waals surface area contributed by atoms with Gasteiger partial charge in [0.15, 0.2) is 5.65 Å². The Kier molecular flexibility index (Phi) is 2.97. The first-order chi connectivity index (χ1) is 9.88. The highest BCUT2D eigenvalue weighted by Crippen LogP contribution is 2.40. The normalized spacial score (nSPS) is 26.4. The Labute approximate surface area is 118 Å². The third-order valence-electron chi connectivity index (χ3n) is 4.27. The van der Waals surface area contributed by atoms with E-state index in [-0.39, 0.29) is 0 Å².